The minimum absolute atomic E-state index is 0.419. The quantitative estimate of drug-likeness (QED) is 0.747. The van der Waals surface area contributed by atoms with Gasteiger partial charge in [-0.2, -0.15) is 0 Å². The normalized spacial score (nSPS) is 22.0. The summed E-state index contributed by atoms with van der Waals surface area (Å²) in [4.78, 5) is 2.62. The maximum atomic E-state index is 2.62. The van der Waals surface area contributed by atoms with Crippen LogP contribution in [0.25, 0.3) is 0 Å². The van der Waals surface area contributed by atoms with Gasteiger partial charge in [0.05, 0.1) is 0 Å². The molecule has 1 aromatic carbocycles. The Kier molecular flexibility index (Phi) is 3.58. The van der Waals surface area contributed by atoms with Gasteiger partial charge in [0.15, 0.2) is 0 Å². The van der Waals surface area contributed by atoms with Crippen molar-refractivity contribution in [2.24, 2.45) is 5.41 Å². The highest BCUT2D eigenvalue weighted by Gasteiger charge is 2.26. The fraction of sp³-hybridized carbons (Fsp3) is 0.625. The van der Waals surface area contributed by atoms with Crippen LogP contribution in [0.3, 0.4) is 0 Å². The minimum atomic E-state index is 0.419. The molecule has 0 bridgehead atoms. The zero-order valence-electron chi connectivity index (χ0n) is 11.7. The summed E-state index contributed by atoms with van der Waals surface area (Å²) in [7, 11) is 0. The Labute approximate surface area is 106 Å². The van der Waals surface area contributed by atoms with E-state index in [0.29, 0.717) is 5.41 Å². The van der Waals surface area contributed by atoms with Crippen LogP contribution >= 0.6 is 0 Å². The Morgan fingerprint density at radius 3 is 2.41 bits per heavy atom. The van der Waals surface area contributed by atoms with Crippen molar-refractivity contribution in [3.8, 4) is 0 Å². The number of nitrogens with zero attached hydrogens (tertiary/aromatic N) is 1. The average Bonchev–Trinajstić information content (AvgIpc) is 2.64. The zero-order valence-corrected chi connectivity index (χ0v) is 11.7. The number of aryl methyl sites for hydroxylation is 1. The van der Waals surface area contributed by atoms with Crippen molar-refractivity contribution in [3.05, 3.63) is 35.4 Å². The fourth-order valence-corrected chi connectivity index (χ4v) is 2.76. The SMILES string of the molecule is Cc1ccc(C2CCN(CC(C)(C)C)C2)cc1. The van der Waals surface area contributed by atoms with Gasteiger partial charge in [-0.05, 0) is 36.8 Å². The van der Waals surface area contributed by atoms with Crippen molar-refractivity contribution in [2.75, 3.05) is 19.6 Å². The molecule has 1 heteroatoms. The predicted octanol–water partition coefficient (Wildman–Crippen LogP) is 3.83. The highest BCUT2D eigenvalue weighted by atomic mass is 15.1. The standard InChI is InChI=1S/C16H25N/c1-13-5-7-14(8-6-13)15-9-10-17(11-15)12-16(2,3)4/h5-8,15H,9-12H2,1-4H3. The minimum Gasteiger partial charge on any atom is -0.302 e. The number of hydrogen-bond acceptors (Lipinski definition) is 1. The molecule has 0 radical (unpaired) electrons. The lowest BCUT2D eigenvalue weighted by Gasteiger charge is -2.26. The van der Waals surface area contributed by atoms with E-state index in [2.05, 4.69) is 56.9 Å². The van der Waals surface area contributed by atoms with Crippen LogP contribution in [-0.4, -0.2) is 24.5 Å². The molecule has 1 nitrogen and oxygen atoms in total. The smallest absolute Gasteiger partial charge is 0.00510 e. The number of benzene rings is 1. The summed E-state index contributed by atoms with van der Waals surface area (Å²) < 4.78 is 0. The predicted molar refractivity (Wildman–Crippen MR) is 74.4 cm³/mol. The molecule has 1 fully saturated rings. The topological polar surface area (TPSA) is 3.24 Å². The maximum absolute atomic E-state index is 2.62. The van der Waals surface area contributed by atoms with Crippen LogP contribution in [0.5, 0.6) is 0 Å². The maximum Gasteiger partial charge on any atom is 0.00510 e. The van der Waals surface area contributed by atoms with Crippen LogP contribution in [0, 0.1) is 12.3 Å². The summed E-state index contributed by atoms with van der Waals surface area (Å²) in [5.41, 5.74) is 3.30. The first-order chi connectivity index (χ1) is 7.94. The van der Waals surface area contributed by atoms with Crippen molar-refractivity contribution in [1.29, 1.82) is 0 Å². The van der Waals surface area contributed by atoms with E-state index in [9.17, 15) is 0 Å². The van der Waals surface area contributed by atoms with Crippen LogP contribution in [0.1, 0.15) is 44.2 Å². The first-order valence-electron chi connectivity index (χ1n) is 6.73. The van der Waals surface area contributed by atoms with E-state index in [0.717, 1.165) is 5.92 Å². The van der Waals surface area contributed by atoms with Crippen molar-refractivity contribution < 1.29 is 0 Å². The first kappa shape index (κ1) is 12.6. The molecule has 1 unspecified atom stereocenters. The van der Waals surface area contributed by atoms with Crippen LogP contribution in [0.15, 0.2) is 24.3 Å². The molecule has 0 spiro atoms. The van der Waals surface area contributed by atoms with Crippen LogP contribution in [-0.2, 0) is 0 Å². The lowest BCUT2D eigenvalue weighted by Crippen LogP contribution is -2.30. The van der Waals surface area contributed by atoms with Gasteiger partial charge in [0.1, 0.15) is 0 Å². The van der Waals surface area contributed by atoms with Gasteiger partial charge < -0.3 is 4.90 Å². The van der Waals surface area contributed by atoms with Crippen molar-refractivity contribution >= 4 is 0 Å². The largest absolute Gasteiger partial charge is 0.302 e. The zero-order chi connectivity index (χ0) is 12.5. The molecule has 17 heavy (non-hydrogen) atoms. The second-order valence-corrected chi connectivity index (χ2v) is 6.69. The molecule has 2 rings (SSSR count). The van der Waals surface area contributed by atoms with Gasteiger partial charge in [-0.15, -0.1) is 0 Å². The van der Waals surface area contributed by atoms with Crippen molar-refractivity contribution in [2.45, 2.75) is 40.0 Å². The molecule has 0 amide bonds. The van der Waals surface area contributed by atoms with E-state index in [1.807, 2.05) is 0 Å². The molecule has 0 N–H and O–H groups in total. The van der Waals surface area contributed by atoms with Gasteiger partial charge in [-0.25, -0.2) is 0 Å². The molecule has 0 saturated carbocycles. The average molecular weight is 231 g/mol. The number of hydrogen-bond donors (Lipinski definition) is 0. The Balaban J connectivity index is 1.96. The second kappa shape index (κ2) is 4.81. The van der Waals surface area contributed by atoms with Gasteiger partial charge in [-0.3, -0.25) is 0 Å². The van der Waals surface area contributed by atoms with Gasteiger partial charge in [0, 0.05) is 13.1 Å². The van der Waals surface area contributed by atoms with E-state index < -0.39 is 0 Å². The van der Waals surface area contributed by atoms with Gasteiger partial charge >= 0.3 is 0 Å². The summed E-state index contributed by atoms with van der Waals surface area (Å²) in [6, 6.07) is 9.09. The monoisotopic (exact) mass is 231 g/mol. The third kappa shape index (κ3) is 3.57. The first-order valence-corrected chi connectivity index (χ1v) is 6.73. The highest BCUT2D eigenvalue weighted by molar-refractivity contribution is 5.25. The van der Waals surface area contributed by atoms with Crippen LogP contribution in [0.4, 0.5) is 0 Å². The molecule has 1 atom stereocenters. The molecule has 94 valence electrons. The summed E-state index contributed by atoms with van der Waals surface area (Å²) in [6.07, 6.45) is 1.32. The van der Waals surface area contributed by atoms with Gasteiger partial charge in [0.25, 0.3) is 0 Å². The summed E-state index contributed by atoms with van der Waals surface area (Å²) in [6.45, 7) is 12.8. The molecule has 1 saturated heterocycles. The Bertz CT molecular complexity index is 358. The second-order valence-electron chi connectivity index (χ2n) is 6.69. The van der Waals surface area contributed by atoms with Crippen molar-refractivity contribution in [3.63, 3.8) is 0 Å². The molecular formula is C16H25N. The van der Waals surface area contributed by atoms with Crippen LogP contribution in [0.2, 0.25) is 0 Å². The van der Waals surface area contributed by atoms with E-state index in [4.69, 9.17) is 0 Å². The molecular weight excluding hydrogens is 206 g/mol. The molecule has 1 heterocycles. The molecule has 0 aliphatic carbocycles. The lowest BCUT2D eigenvalue weighted by molar-refractivity contribution is 0.225. The number of rotatable bonds is 2. The lowest BCUT2D eigenvalue weighted by atomic mass is 9.95. The Morgan fingerprint density at radius 1 is 1.18 bits per heavy atom. The third-order valence-corrected chi connectivity index (χ3v) is 3.52. The van der Waals surface area contributed by atoms with E-state index >= 15 is 0 Å². The Hall–Kier alpha value is -0.820. The number of likely N-dealkylation sites (tertiary alicyclic amines) is 1. The Morgan fingerprint density at radius 2 is 1.82 bits per heavy atom. The molecule has 1 aliphatic rings. The summed E-state index contributed by atoms with van der Waals surface area (Å²) >= 11 is 0. The van der Waals surface area contributed by atoms with E-state index in [1.165, 1.54) is 37.2 Å². The van der Waals surface area contributed by atoms with E-state index in [1.54, 1.807) is 0 Å². The highest BCUT2D eigenvalue weighted by Crippen LogP contribution is 2.29. The van der Waals surface area contributed by atoms with Crippen LogP contribution < -0.4 is 0 Å². The summed E-state index contributed by atoms with van der Waals surface area (Å²) in [5.74, 6) is 0.748. The third-order valence-electron chi connectivity index (χ3n) is 3.52. The molecule has 1 aliphatic heterocycles. The molecule has 1 aromatic rings. The molecule has 0 aromatic heterocycles. The van der Waals surface area contributed by atoms with E-state index in [-0.39, 0.29) is 0 Å². The van der Waals surface area contributed by atoms with Gasteiger partial charge in [0.2, 0.25) is 0 Å². The fourth-order valence-electron chi connectivity index (χ4n) is 2.76. The van der Waals surface area contributed by atoms with Crippen molar-refractivity contribution in [1.82, 2.24) is 4.90 Å². The summed E-state index contributed by atoms with van der Waals surface area (Å²) in [5, 5.41) is 0. The van der Waals surface area contributed by atoms with Gasteiger partial charge in [-0.1, -0.05) is 50.6 Å².